The van der Waals surface area contributed by atoms with Gasteiger partial charge in [-0.3, -0.25) is 14.5 Å². The number of carboxylic acids is 1. The van der Waals surface area contributed by atoms with Crippen molar-refractivity contribution < 1.29 is 33.0 Å². The fraction of sp³-hybridized carbons (Fsp3) is 0.261. The van der Waals surface area contributed by atoms with Gasteiger partial charge in [-0.1, -0.05) is 34.7 Å². The van der Waals surface area contributed by atoms with Gasteiger partial charge in [-0.05, 0) is 42.8 Å². The van der Waals surface area contributed by atoms with E-state index in [1.54, 1.807) is 0 Å². The monoisotopic (exact) mass is 596 g/mol. The van der Waals surface area contributed by atoms with Gasteiger partial charge in [-0.25, -0.2) is 9.18 Å². The average molecular weight is 597 g/mol. The first kappa shape index (κ1) is 26.5. The van der Waals surface area contributed by atoms with Crippen molar-refractivity contribution in [2.24, 2.45) is 0 Å². The van der Waals surface area contributed by atoms with Crippen LogP contribution >= 0.6 is 46.5 Å². The smallest absolute Gasteiger partial charge is 0.352 e. The van der Waals surface area contributed by atoms with E-state index in [1.807, 2.05) is 6.92 Å². The summed E-state index contributed by atoms with van der Waals surface area (Å²) in [7, 11) is 0. The van der Waals surface area contributed by atoms with E-state index in [1.165, 1.54) is 64.0 Å². The van der Waals surface area contributed by atoms with Crippen molar-refractivity contribution in [3.05, 3.63) is 69.0 Å². The van der Waals surface area contributed by atoms with E-state index < -0.39 is 35.0 Å². The highest BCUT2D eigenvalue weighted by Gasteiger charge is 2.54. The van der Waals surface area contributed by atoms with Gasteiger partial charge >= 0.3 is 5.97 Å². The molecule has 1 aromatic carbocycles. The van der Waals surface area contributed by atoms with E-state index in [9.17, 15) is 23.9 Å². The number of fused-ring (bicyclic) bond motifs is 1. The summed E-state index contributed by atoms with van der Waals surface area (Å²) < 4.78 is 24.9. The first-order chi connectivity index (χ1) is 18.2. The Bertz CT molecular complexity index is 1460. The minimum absolute atomic E-state index is 0.0423. The van der Waals surface area contributed by atoms with Crippen molar-refractivity contribution in [2.75, 3.05) is 11.5 Å². The van der Waals surface area contributed by atoms with Crippen LogP contribution in [0, 0.1) is 12.7 Å². The number of furan rings is 1. The fourth-order valence-corrected chi connectivity index (χ4v) is 7.33. The Kier molecular flexibility index (Phi) is 7.66. The number of ether oxygens (including phenoxy) is 1. The van der Waals surface area contributed by atoms with Gasteiger partial charge in [0.1, 0.15) is 46.1 Å². The maximum Gasteiger partial charge on any atom is 0.352 e. The van der Waals surface area contributed by atoms with Gasteiger partial charge in [0, 0.05) is 11.5 Å². The predicted molar refractivity (Wildman–Crippen MR) is 139 cm³/mol. The maximum absolute atomic E-state index is 13.2. The molecule has 0 unspecified atom stereocenters. The van der Waals surface area contributed by atoms with E-state index in [4.69, 9.17) is 20.8 Å². The third-order valence-corrected chi connectivity index (χ3v) is 9.26. The molecule has 2 N–H and O–H groups in total. The third-order valence-electron chi connectivity index (χ3n) is 5.56. The molecule has 0 saturated carbocycles. The number of nitrogens with one attached hydrogen (secondary N) is 1. The van der Waals surface area contributed by atoms with E-state index in [0.29, 0.717) is 22.8 Å². The minimum atomic E-state index is -1.20. The summed E-state index contributed by atoms with van der Waals surface area (Å²) in [6.07, 6.45) is 0. The molecule has 0 bridgehead atoms. The van der Waals surface area contributed by atoms with Crippen molar-refractivity contribution in [3.8, 4) is 5.75 Å². The Balaban J connectivity index is 1.20. The van der Waals surface area contributed by atoms with Gasteiger partial charge in [0.15, 0.2) is 10.1 Å². The van der Waals surface area contributed by atoms with Crippen LogP contribution in [0.2, 0.25) is 5.02 Å². The van der Waals surface area contributed by atoms with Gasteiger partial charge < -0.3 is 19.6 Å². The van der Waals surface area contributed by atoms with Crippen molar-refractivity contribution in [1.82, 2.24) is 20.4 Å². The molecule has 10 nitrogen and oxygen atoms in total. The zero-order chi connectivity index (χ0) is 27.0. The average Bonchev–Trinajstić information content (AvgIpc) is 3.53. The van der Waals surface area contributed by atoms with Crippen molar-refractivity contribution in [1.29, 1.82) is 0 Å². The SMILES string of the molecule is Cc1nnc(SCC2=C(C(=O)O)N3C(=O)[C@H](NC(=O)c4ccc(COc5ccc(F)cc5Cl)o4)[C@@H]3SC2)s1. The molecule has 1 saturated heterocycles. The minimum Gasteiger partial charge on any atom is -0.484 e. The molecule has 198 valence electrons. The maximum atomic E-state index is 13.2. The molecule has 4 heterocycles. The molecule has 0 spiro atoms. The standard InChI is InChI=1S/C23H18ClFN4O6S3/c1-10-27-28-23(38-10)37-9-11-8-36-21-17(20(31)29(21)18(11)22(32)33)26-19(30)16-5-3-13(35-16)7-34-15-4-2-12(25)6-14(15)24/h2-6,17,21H,7-9H2,1H3,(H,26,30)(H,32,33)/t17-,21-/m0/s1. The Labute approximate surface area is 232 Å². The number of thioether (sulfide) groups is 2. The van der Waals surface area contributed by atoms with Crippen LogP contribution in [0.15, 0.2) is 50.4 Å². The molecule has 38 heavy (non-hydrogen) atoms. The fourth-order valence-electron chi connectivity index (χ4n) is 3.81. The Morgan fingerprint density at radius 1 is 1.34 bits per heavy atom. The van der Waals surface area contributed by atoms with E-state index in [0.717, 1.165) is 15.4 Å². The molecule has 0 aliphatic carbocycles. The van der Waals surface area contributed by atoms with Crippen LogP contribution in [0.5, 0.6) is 5.75 Å². The van der Waals surface area contributed by atoms with Crippen molar-refractivity contribution in [3.63, 3.8) is 0 Å². The number of aliphatic carboxylic acids is 1. The lowest BCUT2D eigenvalue weighted by atomic mass is 10.0. The highest BCUT2D eigenvalue weighted by molar-refractivity contribution is 8.01. The second-order valence-corrected chi connectivity index (χ2v) is 12.0. The largest absolute Gasteiger partial charge is 0.484 e. The first-order valence-corrected chi connectivity index (χ1v) is 14.2. The summed E-state index contributed by atoms with van der Waals surface area (Å²) >= 11 is 10.1. The second kappa shape index (κ2) is 11.0. The van der Waals surface area contributed by atoms with E-state index in [2.05, 4.69) is 15.5 Å². The van der Waals surface area contributed by atoms with E-state index >= 15 is 0 Å². The number of rotatable bonds is 9. The lowest BCUT2D eigenvalue weighted by Crippen LogP contribution is -2.70. The molecule has 5 rings (SSSR count). The van der Waals surface area contributed by atoms with Crippen LogP contribution in [0.4, 0.5) is 4.39 Å². The van der Waals surface area contributed by atoms with Crippen molar-refractivity contribution >= 4 is 64.2 Å². The van der Waals surface area contributed by atoms with Gasteiger partial charge in [0.25, 0.3) is 11.8 Å². The number of halogens is 2. The zero-order valence-corrected chi connectivity index (χ0v) is 22.7. The Hall–Kier alpha value is -3.07. The predicted octanol–water partition coefficient (Wildman–Crippen LogP) is 3.96. The topological polar surface area (TPSA) is 135 Å². The highest BCUT2D eigenvalue weighted by Crippen LogP contribution is 2.42. The van der Waals surface area contributed by atoms with Crippen LogP contribution in [-0.4, -0.2) is 60.9 Å². The molecule has 2 atom stereocenters. The van der Waals surface area contributed by atoms with Crippen LogP contribution in [0.1, 0.15) is 21.3 Å². The Morgan fingerprint density at radius 2 is 2.16 bits per heavy atom. The molecule has 15 heteroatoms. The number of carbonyl (C=O) groups is 3. The number of aromatic nitrogens is 2. The molecule has 2 aromatic heterocycles. The zero-order valence-electron chi connectivity index (χ0n) is 19.5. The molecular weight excluding hydrogens is 579 g/mol. The number of benzene rings is 1. The van der Waals surface area contributed by atoms with Gasteiger partial charge in [0.2, 0.25) is 0 Å². The summed E-state index contributed by atoms with van der Waals surface area (Å²) in [5.41, 5.74) is 0.543. The van der Waals surface area contributed by atoms with Crippen molar-refractivity contribution in [2.45, 2.75) is 29.3 Å². The number of hydrogen-bond donors (Lipinski definition) is 2. The van der Waals surface area contributed by atoms with Crippen LogP contribution < -0.4 is 10.1 Å². The lowest BCUT2D eigenvalue weighted by molar-refractivity contribution is -0.148. The second-order valence-electron chi connectivity index (χ2n) is 8.12. The van der Waals surface area contributed by atoms with Crippen LogP contribution in [0.25, 0.3) is 0 Å². The number of carboxylic acid groups (broad SMARTS) is 1. The van der Waals surface area contributed by atoms with Crippen LogP contribution in [-0.2, 0) is 16.2 Å². The summed E-state index contributed by atoms with van der Waals surface area (Å²) in [5, 5.41) is 20.8. The van der Waals surface area contributed by atoms with Crippen LogP contribution in [0.3, 0.4) is 0 Å². The van der Waals surface area contributed by atoms with E-state index in [-0.39, 0.29) is 28.8 Å². The molecule has 1 fully saturated rings. The number of β-lactam (4-membered cyclic amide) rings is 1. The normalized spacial score (nSPS) is 18.7. The molecule has 2 amide bonds. The summed E-state index contributed by atoms with van der Waals surface area (Å²) in [6.45, 7) is 1.77. The van der Waals surface area contributed by atoms with Gasteiger partial charge in [-0.15, -0.1) is 22.0 Å². The number of aryl methyl sites for hydroxylation is 1. The lowest BCUT2D eigenvalue weighted by Gasteiger charge is -2.49. The summed E-state index contributed by atoms with van der Waals surface area (Å²) in [6, 6.07) is 5.77. The number of carbonyl (C=O) groups excluding carboxylic acids is 2. The molecule has 2 aliphatic rings. The third kappa shape index (κ3) is 5.39. The summed E-state index contributed by atoms with van der Waals surface area (Å²) in [4.78, 5) is 38.9. The highest BCUT2D eigenvalue weighted by atomic mass is 35.5. The summed E-state index contributed by atoms with van der Waals surface area (Å²) in [5.74, 6) is -1.56. The molecule has 3 aromatic rings. The van der Waals surface area contributed by atoms with Gasteiger partial charge in [-0.2, -0.15) is 0 Å². The number of amides is 2. The Morgan fingerprint density at radius 3 is 2.87 bits per heavy atom. The molecular formula is C23H18ClFN4O6S3. The van der Waals surface area contributed by atoms with Gasteiger partial charge in [0.05, 0.1) is 5.02 Å². The number of hydrogen-bond acceptors (Lipinski definition) is 10. The molecule has 2 aliphatic heterocycles. The number of nitrogens with zero attached hydrogens (tertiary/aromatic N) is 3. The molecule has 0 radical (unpaired) electrons. The first-order valence-electron chi connectivity index (χ1n) is 11.0. The quantitative estimate of drug-likeness (QED) is 0.276.